The highest BCUT2D eigenvalue weighted by molar-refractivity contribution is 6.09. The van der Waals surface area contributed by atoms with Crippen LogP contribution in [0.15, 0.2) is 24.3 Å². The molecule has 23 heteroatoms. The summed E-state index contributed by atoms with van der Waals surface area (Å²) in [5.74, 6) is -8.87. The van der Waals surface area contributed by atoms with E-state index in [4.69, 9.17) is 26.6 Å². The smallest absolute Gasteiger partial charge is 0.328 e. The number of aliphatic hydroxyl groups is 1. The van der Waals surface area contributed by atoms with Crippen LogP contribution in [0, 0.1) is 17.8 Å². The molecule has 0 radical (unpaired) electrons. The predicted octanol–water partition coefficient (Wildman–Crippen LogP) is 0.292. The topological polar surface area (TPSA) is 305 Å². The second-order valence-corrected chi connectivity index (χ2v) is 20.0. The number of esters is 1. The van der Waals surface area contributed by atoms with Gasteiger partial charge in [0, 0.05) is 33.4 Å². The van der Waals surface area contributed by atoms with E-state index in [1.165, 1.54) is 25.8 Å². The third-order valence-electron chi connectivity index (χ3n) is 12.9. The molecule has 4 rings (SSSR count). The van der Waals surface area contributed by atoms with Crippen molar-refractivity contribution in [1.82, 2.24) is 41.3 Å². The number of piperidine rings is 1. The minimum atomic E-state index is -1.80. The molecule has 3 aliphatic rings. The van der Waals surface area contributed by atoms with Crippen molar-refractivity contribution in [2.75, 3.05) is 13.6 Å². The summed E-state index contributed by atoms with van der Waals surface area (Å²) >= 11 is 5.55. The van der Waals surface area contributed by atoms with Gasteiger partial charge in [-0.15, -0.1) is 0 Å². The van der Waals surface area contributed by atoms with Gasteiger partial charge in [0.1, 0.15) is 78.3 Å². The zero-order valence-corrected chi connectivity index (χ0v) is 42.8. The van der Waals surface area contributed by atoms with Crippen LogP contribution < -0.4 is 36.6 Å². The number of ether oxygens (including phenoxy) is 1. The molecule has 10 unspecified atom stereocenters. The largest absolute Gasteiger partial charge is 0.458 e. The fourth-order valence-electron chi connectivity index (χ4n) is 9.17. The van der Waals surface area contributed by atoms with Crippen molar-refractivity contribution in [3.8, 4) is 5.75 Å². The molecule has 3 heterocycles. The van der Waals surface area contributed by atoms with E-state index in [0.717, 1.165) is 9.80 Å². The quantitative estimate of drug-likeness (QED) is 0.117. The number of fused-ring (bicyclic) bond motifs is 2. The van der Waals surface area contributed by atoms with Crippen molar-refractivity contribution >= 4 is 71.0 Å². The Morgan fingerprint density at radius 3 is 2.07 bits per heavy atom. The minimum absolute atomic E-state index is 0.00651. The number of aliphatic hydroxyl groups excluding tert-OH is 1. The van der Waals surface area contributed by atoms with E-state index in [1.807, 2.05) is 0 Å². The third-order valence-corrected chi connectivity index (χ3v) is 13.1. The Balaban J connectivity index is 1.84. The summed E-state index contributed by atoms with van der Waals surface area (Å²) in [5.41, 5.74) is 5.98. The molecular formula is C48H72ClN9O13. The summed E-state index contributed by atoms with van der Waals surface area (Å²) < 4.78 is 10.7. The number of cyclic esters (lactones) is 1. The Labute approximate surface area is 419 Å². The van der Waals surface area contributed by atoms with Crippen molar-refractivity contribution in [1.29, 1.82) is 0 Å². The number of halogens is 1. The predicted molar refractivity (Wildman–Crippen MR) is 257 cm³/mol. The molecule has 2 bridgehead atoms. The highest BCUT2D eigenvalue weighted by Crippen LogP contribution is 2.27. The van der Waals surface area contributed by atoms with E-state index >= 15 is 0 Å². The number of likely N-dealkylation sites (N-methyl/N-ethyl adjacent to an activating group) is 1. The summed E-state index contributed by atoms with van der Waals surface area (Å²) in [6, 6.07) is -4.64. The van der Waals surface area contributed by atoms with Crippen LogP contribution in [0.2, 0.25) is 0 Å². The van der Waals surface area contributed by atoms with Crippen LogP contribution in [-0.2, 0) is 59.1 Å². The zero-order chi connectivity index (χ0) is 53.0. The lowest BCUT2D eigenvalue weighted by Crippen LogP contribution is -2.66. The van der Waals surface area contributed by atoms with Crippen molar-refractivity contribution in [2.24, 2.45) is 23.5 Å². The number of likely N-dealkylation sites (tertiary alicyclic amines) is 1. The molecule has 0 aromatic heterocycles. The number of rotatable bonds is 15. The fraction of sp³-hybridized carbons (Fsp3) is 0.667. The van der Waals surface area contributed by atoms with Gasteiger partial charge in [-0.2, -0.15) is 0 Å². The van der Waals surface area contributed by atoms with Gasteiger partial charge in [0.05, 0.1) is 0 Å². The number of nitrogens with two attached hydrogens (primary N) is 1. The molecule has 71 heavy (non-hydrogen) atoms. The Morgan fingerprint density at radius 1 is 0.873 bits per heavy atom. The zero-order valence-electron chi connectivity index (χ0n) is 42.0. The first-order valence-corrected chi connectivity index (χ1v) is 24.6. The van der Waals surface area contributed by atoms with Crippen molar-refractivity contribution in [3.05, 3.63) is 29.8 Å². The maximum atomic E-state index is 14.8. The average Bonchev–Trinajstić information content (AvgIpc) is 3.80. The number of benzene rings is 1. The van der Waals surface area contributed by atoms with Crippen molar-refractivity contribution in [2.45, 2.75) is 174 Å². The van der Waals surface area contributed by atoms with Gasteiger partial charge in [0.15, 0.2) is 0 Å². The van der Waals surface area contributed by atoms with Crippen LogP contribution in [0.1, 0.15) is 112 Å². The summed E-state index contributed by atoms with van der Waals surface area (Å²) in [4.78, 5) is 143. The molecule has 22 nitrogen and oxygen atoms in total. The van der Waals surface area contributed by atoms with Crippen LogP contribution in [0.4, 0.5) is 0 Å². The molecule has 0 saturated carbocycles. The summed E-state index contributed by atoms with van der Waals surface area (Å²) in [5, 5.41) is 24.6. The third kappa shape index (κ3) is 15.5. The number of nitrogens with zero attached hydrogens (tertiary/aromatic N) is 3. The molecule has 3 fully saturated rings. The summed E-state index contributed by atoms with van der Waals surface area (Å²) in [6.07, 6.45) is -3.12. The standard InChI is InChI=1S/C48H72ClN9O13/c1-24(2)21-33-42(63)52-32-17-19-38(61)58(46(32)67)40(26(5)6)47(68)56(9)36(23-29-12-14-30(71-49)15-13-29)44(65)54-34(22-25(3)4)48(69)70-27(7)39(45(66)53-33)55-41(62)31(16-18-37(50)60)51-43(64)35-11-10-20-57(35)28(8)59/h12-15,24-27,31-36,38-40,61H,10-11,16-23H2,1-9H3,(H2,50,60)(H,51,64)(H,52,63)(H,53,66)(H,54,65)(H,55,62). The Morgan fingerprint density at radius 2 is 1.49 bits per heavy atom. The molecule has 1 aromatic rings. The molecule has 0 aliphatic carbocycles. The minimum Gasteiger partial charge on any atom is -0.458 e. The number of carbonyl (C=O) groups is 10. The van der Waals surface area contributed by atoms with Gasteiger partial charge < -0.3 is 61.2 Å². The first kappa shape index (κ1) is 57.5. The molecular weight excluding hydrogens is 946 g/mol. The summed E-state index contributed by atoms with van der Waals surface area (Å²) in [7, 11) is 1.37. The van der Waals surface area contributed by atoms with Crippen LogP contribution in [-0.4, -0.2) is 153 Å². The number of nitrogens with one attached hydrogen (secondary N) is 5. The van der Waals surface area contributed by atoms with Gasteiger partial charge in [0.25, 0.3) is 0 Å². The first-order valence-electron chi connectivity index (χ1n) is 24.3. The molecule has 3 aliphatic heterocycles. The first-order chi connectivity index (χ1) is 33.3. The number of carbonyl (C=O) groups excluding carboxylic acids is 10. The van der Waals surface area contributed by atoms with Gasteiger partial charge in [-0.05, 0) is 87.3 Å². The molecule has 10 atom stereocenters. The number of hydrogen-bond acceptors (Lipinski definition) is 13. The molecule has 0 spiro atoms. The van der Waals surface area contributed by atoms with E-state index in [9.17, 15) is 53.1 Å². The Kier molecular flexibility index (Phi) is 21.0. The second-order valence-electron chi connectivity index (χ2n) is 19.9. The molecule has 1 aromatic carbocycles. The number of primary amides is 1. The maximum absolute atomic E-state index is 14.8. The van der Waals surface area contributed by atoms with Gasteiger partial charge >= 0.3 is 5.97 Å². The van der Waals surface area contributed by atoms with E-state index < -0.39 is 120 Å². The van der Waals surface area contributed by atoms with Crippen LogP contribution in [0.3, 0.4) is 0 Å². The van der Waals surface area contributed by atoms with E-state index in [2.05, 4.69) is 26.6 Å². The van der Waals surface area contributed by atoms with Crippen LogP contribution in [0.25, 0.3) is 0 Å². The SMILES string of the molecule is CC(=O)N1CCCC1C(=O)NC(CCC(N)=O)C(=O)NC1C(=O)NC(CC(C)C)C(=O)NC2CCC(O)N(C2=O)C(C(C)C)C(=O)N(C)C(Cc2ccc(OCl)cc2)C(=O)NC(CC(C)C)C(=O)OC1C. The molecule has 3 saturated heterocycles. The Hall–Kier alpha value is -6.03. The summed E-state index contributed by atoms with van der Waals surface area (Å²) in [6.45, 7) is 13.4. The number of hydrogen-bond donors (Lipinski definition) is 7. The van der Waals surface area contributed by atoms with Crippen LogP contribution in [0.5, 0.6) is 5.75 Å². The monoisotopic (exact) mass is 1020 g/mol. The molecule has 8 N–H and O–H groups in total. The number of amides is 9. The lowest BCUT2D eigenvalue weighted by molar-refractivity contribution is -0.167. The van der Waals surface area contributed by atoms with Gasteiger partial charge in [-0.3, -0.25) is 43.2 Å². The lowest BCUT2D eigenvalue weighted by atomic mass is 9.93. The van der Waals surface area contributed by atoms with Gasteiger partial charge in [0.2, 0.25) is 53.2 Å². The Bertz CT molecular complexity index is 2120. The highest BCUT2D eigenvalue weighted by atomic mass is 35.5. The normalized spacial score (nSPS) is 26.7. The van der Waals surface area contributed by atoms with Crippen molar-refractivity contribution < 1.29 is 62.1 Å². The average molecular weight is 1020 g/mol. The molecule has 394 valence electrons. The van der Waals surface area contributed by atoms with E-state index in [0.29, 0.717) is 30.7 Å². The molecule has 9 amide bonds. The van der Waals surface area contributed by atoms with E-state index in [1.54, 1.807) is 65.8 Å². The highest BCUT2D eigenvalue weighted by Gasteiger charge is 2.47. The maximum Gasteiger partial charge on any atom is 0.328 e. The van der Waals surface area contributed by atoms with Crippen molar-refractivity contribution in [3.63, 3.8) is 0 Å². The van der Waals surface area contributed by atoms with Crippen LogP contribution >= 0.6 is 11.9 Å². The van der Waals surface area contributed by atoms with Gasteiger partial charge in [-0.25, -0.2) is 4.79 Å². The lowest BCUT2D eigenvalue weighted by Gasteiger charge is -2.44. The van der Waals surface area contributed by atoms with E-state index in [-0.39, 0.29) is 62.7 Å². The second kappa shape index (κ2) is 25.9. The fourth-order valence-corrected chi connectivity index (χ4v) is 9.27. The van der Waals surface area contributed by atoms with Gasteiger partial charge in [-0.1, -0.05) is 53.7 Å².